The van der Waals surface area contributed by atoms with E-state index >= 15 is 0 Å². The number of hydrogen-bond acceptors (Lipinski definition) is 4. The molecule has 3 rings (SSSR count). The second-order valence-corrected chi connectivity index (χ2v) is 8.59. The summed E-state index contributed by atoms with van der Waals surface area (Å²) in [6.45, 7) is -1.52. The Hall–Kier alpha value is -1.36. The lowest BCUT2D eigenvalue weighted by molar-refractivity contribution is -0.151. The van der Waals surface area contributed by atoms with E-state index in [1.54, 1.807) is 0 Å². The van der Waals surface area contributed by atoms with Gasteiger partial charge in [-0.25, -0.2) is 17.5 Å². The first-order valence-electron chi connectivity index (χ1n) is 7.76. The third-order valence-corrected chi connectivity index (χ3v) is 6.99. The molecule has 1 saturated carbocycles. The van der Waals surface area contributed by atoms with Crippen LogP contribution in [0.2, 0.25) is 0 Å². The first kappa shape index (κ1) is 17.5. The summed E-state index contributed by atoms with van der Waals surface area (Å²) in [7, 11) is -3.29. The van der Waals surface area contributed by atoms with Crippen molar-refractivity contribution in [1.82, 2.24) is 14.1 Å². The van der Waals surface area contributed by atoms with Gasteiger partial charge in [0.05, 0.1) is 5.25 Å². The molecule has 1 aliphatic carbocycles. The van der Waals surface area contributed by atoms with E-state index in [0.29, 0.717) is 25.7 Å². The van der Waals surface area contributed by atoms with Gasteiger partial charge in [-0.05, 0) is 25.7 Å². The summed E-state index contributed by atoms with van der Waals surface area (Å²) in [6, 6.07) is -1.36. The summed E-state index contributed by atoms with van der Waals surface area (Å²) in [6.07, 6.45) is -2.67. The summed E-state index contributed by atoms with van der Waals surface area (Å²) in [4.78, 5) is 25.1. The van der Waals surface area contributed by atoms with E-state index in [4.69, 9.17) is 0 Å². The fraction of sp³-hybridized carbons (Fsp3) is 0.846. The molecule has 0 radical (unpaired) electrons. The maximum Gasteiger partial charge on any atom is 0.406 e. The van der Waals surface area contributed by atoms with Crippen LogP contribution in [0.3, 0.4) is 0 Å². The number of urea groups is 1. The number of imide groups is 1. The molecule has 0 aromatic heterocycles. The minimum absolute atomic E-state index is 0.216. The van der Waals surface area contributed by atoms with Crippen molar-refractivity contribution in [2.45, 2.75) is 43.2 Å². The minimum Gasteiger partial charge on any atom is -0.312 e. The number of sulfonamides is 1. The molecule has 136 valence electrons. The molecule has 0 aromatic rings. The predicted octanol–water partition coefficient (Wildman–Crippen LogP) is 0.769. The molecular formula is C13H18F3N3O4S. The fourth-order valence-electron chi connectivity index (χ4n) is 3.17. The van der Waals surface area contributed by atoms with Gasteiger partial charge >= 0.3 is 12.2 Å². The number of halogens is 3. The van der Waals surface area contributed by atoms with Crippen molar-refractivity contribution in [3.63, 3.8) is 0 Å². The molecule has 7 nitrogen and oxygen atoms in total. The zero-order valence-corrected chi connectivity index (χ0v) is 13.6. The molecule has 3 amide bonds. The van der Waals surface area contributed by atoms with Crippen molar-refractivity contribution < 1.29 is 31.2 Å². The van der Waals surface area contributed by atoms with Gasteiger partial charge < -0.3 is 4.90 Å². The maximum atomic E-state index is 12.4. The number of alkyl halides is 3. The Kier molecular flexibility index (Phi) is 4.27. The minimum atomic E-state index is -4.64. The van der Waals surface area contributed by atoms with Crippen LogP contribution in [0, 0.1) is 0 Å². The van der Waals surface area contributed by atoms with Gasteiger partial charge in [-0.2, -0.15) is 13.2 Å². The highest BCUT2D eigenvalue weighted by Gasteiger charge is 2.47. The van der Waals surface area contributed by atoms with Gasteiger partial charge in [-0.3, -0.25) is 9.69 Å². The molecule has 2 heterocycles. The van der Waals surface area contributed by atoms with Gasteiger partial charge in [0.15, 0.2) is 0 Å². The quantitative estimate of drug-likeness (QED) is 0.686. The second kappa shape index (κ2) is 5.87. The van der Waals surface area contributed by atoms with Gasteiger partial charge in [0.25, 0.3) is 5.91 Å². The molecule has 2 saturated heterocycles. The van der Waals surface area contributed by atoms with Gasteiger partial charge in [0.2, 0.25) is 10.0 Å². The number of amides is 3. The van der Waals surface area contributed by atoms with Crippen LogP contribution < -0.4 is 0 Å². The highest BCUT2D eigenvalue weighted by atomic mass is 32.2. The zero-order valence-electron chi connectivity index (χ0n) is 12.8. The number of carbonyl (C=O) groups excluding carboxylic acids is 2. The van der Waals surface area contributed by atoms with Crippen LogP contribution in [0.15, 0.2) is 0 Å². The van der Waals surface area contributed by atoms with Crippen LogP contribution in [-0.2, 0) is 14.8 Å². The predicted molar refractivity (Wildman–Crippen MR) is 76.4 cm³/mol. The lowest BCUT2D eigenvalue weighted by atomic mass is 10.1. The smallest absolute Gasteiger partial charge is 0.312 e. The fourth-order valence-corrected chi connectivity index (χ4v) is 5.04. The summed E-state index contributed by atoms with van der Waals surface area (Å²) >= 11 is 0. The van der Waals surface area contributed by atoms with Crippen molar-refractivity contribution >= 4 is 22.0 Å². The summed E-state index contributed by atoms with van der Waals surface area (Å²) < 4.78 is 63.1. The van der Waals surface area contributed by atoms with E-state index < -0.39 is 40.7 Å². The molecular weight excluding hydrogens is 351 g/mol. The summed E-state index contributed by atoms with van der Waals surface area (Å²) in [5, 5.41) is -0.314. The highest BCUT2D eigenvalue weighted by molar-refractivity contribution is 7.90. The number of hydrogen-bond donors (Lipinski definition) is 0. The molecule has 24 heavy (non-hydrogen) atoms. The van der Waals surface area contributed by atoms with E-state index in [2.05, 4.69) is 0 Å². The van der Waals surface area contributed by atoms with Crippen molar-refractivity contribution in [2.24, 2.45) is 0 Å². The Morgan fingerprint density at radius 1 is 1.04 bits per heavy atom. The van der Waals surface area contributed by atoms with Crippen LogP contribution in [0.4, 0.5) is 18.0 Å². The van der Waals surface area contributed by atoms with Crippen molar-refractivity contribution in [3.05, 3.63) is 0 Å². The summed E-state index contributed by atoms with van der Waals surface area (Å²) in [5.41, 5.74) is 0. The first-order chi connectivity index (χ1) is 11.1. The molecule has 0 bridgehead atoms. The molecule has 0 N–H and O–H groups in total. The average molecular weight is 369 g/mol. The first-order valence-corrected chi connectivity index (χ1v) is 9.26. The molecule has 0 aromatic carbocycles. The van der Waals surface area contributed by atoms with E-state index in [0.717, 1.165) is 4.90 Å². The normalized spacial score (nSPS) is 25.0. The van der Waals surface area contributed by atoms with Crippen LogP contribution in [0.5, 0.6) is 0 Å². The van der Waals surface area contributed by atoms with E-state index in [1.807, 2.05) is 0 Å². The average Bonchev–Trinajstić information content (AvgIpc) is 3.30. The van der Waals surface area contributed by atoms with E-state index in [-0.39, 0.29) is 29.8 Å². The molecule has 2 aliphatic heterocycles. The van der Waals surface area contributed by atoms with Crippen LogP contribution in [0.25, 0.3) is 0 Å². The molecule has 0 atom stereocenters. The largest absolute Gasteiger partial charge is 0.406 e. The van der Waals surface area contributed by atoms with Gasteiger partial charge in [0.1, 0.15) is 13.1 Å². The van der Waals surface area contributed by atoms with E-state index in [9.17, 15) is 31.2 Å². The molecule has 0 spiro atoms. The Bertz CT molecular complexity index is 639. The molecule has 3 fully saturated rings. The lowest BCUT2D eigenvalue weighted by Crippen LogP contribution is -2.49. The van der Waals surface area contributed by atoms with Crippen LogP contribution in [-0.4, -0.2) is 78.1 Å². The van der Waals surface area contributed by atoms with Gasteiger partial charge in [-0.15, -0.1) is 0 Å². The molecule has 3 aliphatic rings. The van der Waals surface area contributed by atoms with Crippen molar-refractivity contribution in [2.75, 3.05) is 26.2 Å². The number of piperidine rings is 1. The standard InChI is InChI=1S/C13H18F3N3O4S/c14-13(15,16)8-19-11(20)7-18(12(19)21)9-3-5-17(6-4-9)24(22,23)10-1-2-10/h9-10H,1-8H2. The van der Waals surface area contributed by atoms with Gasteiger partial charge in [0, 0.05) is 19.1 Å². The molecule has 0 unspecified atom stereocenters. The Morgan fingerprint density at radius 2 is 1.62 bits per heavy atom. The van der Waals surface area contributed by atoms with Crippen molar-refractivity contribution in [3.8, 4) is 0 Å². The third kappa shape index (κ3) is 3.37. The third-order valence-electron chi connectivity index (χ3n) is 4.59. The second-order valence-electron chi connectivity index (χ2n) is 6.38. The summed E-state index contributed by atoms with van der Waals surface area (Å²) in [5.74, 6) is -0.870. The Labute approximate surface area is 137 Å². The number of carbonyl (C=O) groups is 2. The zero-order chi connectivity index (χ0) is 17.7. The van der Waals surface area contributed by atoms with Crippen LogP contribution in [0.1, 0.15) is 25.7 Å². The number of nitrogens with zero attached hydrogens (tertiary/aromatic N) is 3. The Balaban J connectivity index is 1.61. The maximum absolute atomic E-state index is 12.4. The SMILES string of the molecule is O=C1CN(C2CCN(S(=O)(=O)C3CC3)CC2)C(=O)N1CC(F)(F)F. The lowest BCUT2D eigenvalue weighted by Gasteiger charge is -2.35. The molecule has 11 heteroatoms. The van der Waals surface area contributed by atoms with E-state index in [1.165, 1.54) is 4.31 Å². The van der Waals surface area contributed by atoms with Crippen molar-refractivity contribution in [1.29, 1.82) is 0 Å². The Morgan fingerprint density at radius 3 is 2.12 bits per heavy atom. The van der Waals surface area contributed by atoms with Gasteiger partial charge in [-0.1, -0.05) is 0 Å². The number of rotatable bonds is 4. The topological polar surface area (TPSA) is 78.0 Å². The highest BCUT2D eigenvalue weighted by Crippen LogP contribution is 2.33. The van der Waals surface area contributed by atoms with Crippen LogP contribution >= 0.6 is 0 Å². The monoisotopic (exact) mass is 369 g/mol.